The summed E-state index contributed by atoms with van der Waals surface area (Å²) < 4.78 is 0. The van der Waals surface area contributed by atoms with E-state index < -0.39 is 0 Å². The second kappa shape index (κ2) is 8.17. The molecular weight excluding hydrogens is 456 g/mol. The molecule has 0 aliphatic heterocycles. The highest BCUT2D eigenvalue weighted by Crippen LogP contribution is 2.58. The maximum absolute atomic E-state index is 2.41. The van der Waals surface area contributed by atoms with E-state index in [2.05, 4.69) is 126 Å². The molecule has 0 heteroatoms. The van der Waals surface area contributed by atoms with Crippen LogP contribution in [0, 0.1) is 41.5 Å². The molecule has 0 nitrogen and oxygen atoms in total. The Hall–Kier alpha value is -4.16. The molecule has 0 fully saturated rings. The number of aryl methyl sites for hydroxylation is 6. The van der Waals surface area contributed by atoms with E-state index in [0.717, 1.165) is 0 Å². The summed E-state index contributed by atoms with van der Waals surface area (Å²) >= 11 is 0. The second-order valence-electron chi connectivity index (χ2n) is 11.3. The fourth-order valence-corrected chi connectivity index (χ4v) is 6.68. The first-order valence-electron chi connectivity index (χ1n) is 13.6. The summed E-state index contributed by atoms with van der Waals surface area (Å²) in [5, 5.41) is 5.43. The molecule has 0 unspecified atom stereocenters. The molecule has 0 atom stereocenters. The van der Waals surface area contributed by atoms with Gasteiger partial charge in [-0.2, -0.15) is 0 Å². The minimum Gasteiger partial charge on any atom is -0.0610 e. The molecule has 38 heavy (non-hydrogen) atoms. The molecule has 1 aliphatic carbocycles. The van der Waals surface area contributed by atoms with Gasteiger partial charge in [-0.3, -0.25) is 0 Å². The summed E-state index contributed by atoms with van der Waals surface area (Å²) in [5.74, 6) is 0. The minimum absolute atomic E-state index is 1.29. The fourth-order valence-electron chi connectivity index (χ4n) is 6.68. The van der Waals surface area contributed by atoms with Crippen molar-refractivity contribution in [2.75, 3.05) is 0 Å². The lowest BCUT2D eigenvalue weighted by atomic mass is 9.80. The van der Waals surface area contributed by atoms with Crippen LogP contribution in [0.3, 0.4) is 0 Å². The average Bonchev–Trinajstić information content (AvgIpc) is 3.23. The monoisotopic (exact) mass is 488 g/mol. The third kappa shape index (κ3) is 3.16. The summed E-state index contributed by atoms with van der Waals surface area (Å²) in [7, 11) is 0. The van der Waals surface area contributed by atoms with Crippen molar-refractivity contribution < 1.29 is 0 Å². The van der Waals surface area contributed by atoms with Gasteiger partial charge in [0.15, 0.2) is 0 Å². The SMILES string of the molecule is Cc1ccc(C)c(-c2c3c(c(-c4cc(C)ccc4C)c4cc(C)ccc24)-c2cccc4c(C)ccc-3c24)c1. The molecular formula is C38H32. The maximum atomic E-state index is 2.41. The summed E-state index contributed by atoms with van der Waals surface area (Å²) in [6.07, 6.45) is 0. The normalized spacial score (nSPS) is 11.9. The van der Waals surface area contributed by atoms with Gasteiger partial charge in [0.25, 0.3) is 0 Å². The summed E-state index contributed by atoms with van der Waals surface area (Å²) in [4.78, 5) is 0. The largest absolute Gasteiger partial charge is 0.0610 e. The van der Waals surface area contributed by atoms with Gasteiger partial charge in [0.05, 0.1) is 0 Å². The maximum Gasteiger partial charge on any atom is -0.000731 e. The van der Waals surface area contributed by atoms with Crippen LogP contribution in [0.4, 0.5) is 0 Å². The molecule has 184 valence electrons. The van der Waals surface area contributed by atoms with Gasteiger partial charge in [-0.25, -0.2) is 0 Å². The summed E-state index contributed by atoms with van der Waals surface area (Å²) in [5.41, 5.74) is 18.8. The van der Waals surface area contributed by atoms with Crippen LogP contribution < -0.4 is 0 Å². The second-order valence-corrected chi connectivity index (χ2v) is 11.3. The van der Waals surface area contributed by atoms with Crippen molar-refractivity contribution in [1.82, 2.24) is 0 Å². The highest BCUT2D eigenvalue weighted by atomic mass is 14.3. The van der Waals surface area contributed by atoms with Gasteiger partial charge in [0.1, 0.15) is 0 Å². The molecule has 0 bridgehead atoms. The molecule has 0 aromatic heterocycles. The Balaban J connectivity index is 1.80. The van der Waals surface area contributed by atoms with E-state index in [1.807, 2.05) is 0 Å². The van der Waals surface area contributed by atoms with Gasteiger partial charge < -0.3 is 0 Å². The van der Waals surface area contributed by atoms with Gasteiger partial charge in [0, 0.05) is 0 Å². The predicted octanol–water partition coefficient (Wildman–Crippen LogP) is 10.8. The van der Waals surface area contributed by atoms with Crippen molar-refractivity contribution in [3.63, 3.8) is 0 Å². The molecule has 0 saturated heterocycles. The quantitative estimate of drug-likeness (QED) is 0.227. The predicted molar refractivity (Wildman–Crippen MR) is 165 cm³/mol. The third-order valence-corrected chi connectivity index (χ3v) is 8.59. The average molecular weight is 489 g/mol. The van der Waals surface area contributed by atoms with E-state index in [1.54, 1.807) is 0 Å². The Morgan fingerprint density at radius 1 is 0.342 bits per heavy atom. The Morgan fingerprint density at radius 2 is 0.868 bits per heavy atom. The standard InChI is InChI=1S/C38H32/c1-21-10-13-25(5)31(18-21)35-28-16-12-23(3)20-33(28)36(32-19-22(2)11-14-26(32)6)37-29-9-7-8-27-24(4)15-17-30(34(27)29)38(35)37/h7-20H,1-6H3. The van der Waals surface area contributed by atoms with Gasteiger partial charge in [-0.05, 0) is 124 Å². The topological polar surface area (TPSA) is 0 Å². The van der Waals surface area contributed by atoms with E-state index in [1.165, 1.54) is 99.4 Å². The zero-order chi connectivity index (χ0) is 26.3. The lowest BCUT2D eigenvalue weighted by Crippen LogP contribution is -1.97. The fraction of sp³-hybridized carbons (Fsp3) is 0.158. The smallest absolute Gasteiger partial charge is 0.000731 e. The van der Waals surface area contributed by atoms with Crippen molar-refractivity contribution in [3.05, 3.63) is 118 Å². The van der Waals surface area contributed by atoms with Crippen LogP contribution in [0.15, 0.2) is 84.9 Å². The Morgan fingerprint density at radius 3 is 1.53 bits per heavy atom. The van der Waals surface area contributed by atoms with Crippen molar-refractivity contribution in [1.29, 1.82) is 0 Å². The van der Waals surface area contributed by atoms with Crippen LogP contribution in [-0.4, -0.2) is 0 Å². The molecule has 0 amide bonds. The molecule has 6 aromatic rings. The van der Waals surface area contributed by atoms with Crippen molar-refractivity contribution >= 4 is 21.5 Å². The molecule has 0 N–H and O–H groups in total. The number of hydrogen-bond acceptors (Lipinski definition) is 0. The number of benzene rings is 6. The molecule has 0 radical (unpaired) electrons. The van der Waals surface area contributed by atoms with Crippen molar-refractivity contribution in [2.24, 2.45) is 0 Å². The van der Waals surface area contributed by atoms with Crippen molar-refractivity contribution in [2.45, 2.75) is 41.5 Å². The van der Waals surface area contributed by atoms with Crippen LogP contribution in [-0.2, 0) is 0 Å². The Bertz CT molecular complexity index is 1970. The lowest BCUT2D eigenvalue weighted by Gasteiger charge is -2.23. The van der Waals surface area contributed by atoms with E-state index >= 15 is 0 Å². The zero-order valence-electron chi connectivity index (χ0n) is 23.1. The van der Waals surface area contributed by atoms with Crippen LogP contribution in [0.2, 0.25) is 0 Å². The first kappa shape index (κ1) is 23.0. The van der Waals surface area contributed by atoms with E-state index in [9.17, 15) is 0 Å². The number of rotatable bonds is 2. The minimum atomic E-state index is 1.29. The van der Waals surface area contributed by atoms with Crippen LogP contribution in [0.25, 0.3) is 66.1 Å². The number of hydrogen-bond donors (Lipinski definition) is 0. The van der Waals surface area contributed by atoms with Crippen molar-refractivity contribution in [3.8, 4) is 44.5 Å². The van der Waals surface area contributed by atoms with E-state index in [0.29, 0.717) is 0 Å². The Labute approximate surface area is 225 Å². The van der Waals surface area contributed by atoms with Gasteiger partial charge in [-0.15, -0.1) is 0 Å². The molecule has 0 saturated carbocycles. The first-order valence-corrected chi connectivity index (χ1v) is 13.6. The van der Waals surface area contributed by atoms with Gasteiger partial charge >= 0.3 is 0 Å². The lowest BCUT2D eigenvalue weighted by molar-refractivity contribution is 1.39. The van der Waals surface area contributed by atoms with E-state index in [4.69, 9.17) is 0 Å². The molecule has 6 aromatic carbocycles. The number of fused-ring (bicyclic) bond motifs is 4. The van der Waals surface area contributed by atoms with Gasteiger partial charge in [-0.1, -0.05) is 102 Å². The molecule has 0 spiro atoms. The highest BCUT2D eigenvalue weighted by Gasteiger charge is 2.31. The highest BCUT2D eigenvalue weighted by molar-refractivity contribution is 6.28. The van der Waals surface area contributed by atoms with Crippen LogP contribution >= 0.6 is 0 Å². The van der Waals surface area contributed by atoms with E-state index in [-0.39, 0.29) is 0 Å². The first-order chi connectivity index (χ1) is 18.3. The zero-order valence-corrected chi connectivity index (χ0v) is 23.1. The molecule has 1 aliphatic rings. The Kier molecular flexibility index (Phi) is 4.94. The molecule has 7 rings (SSSR count). The third-order valence-electron chi connectivity index (χ3n) is 8.59. The van der Waals surface area contributed by atoms with Crippen LogP contribution in [0.5, 0.6) is 0 Å². The van der Waals surface area contributed by atoms with Gasteiger partial charge in [0.2, 0.25) is 0 Å². The van der Waals surface area contributed by atoms with Crippen LogP contribution in [0.1, 0.15) is 33.4 Å². The summed E-state index contributed by atoms with van der Waals surface area (Å²) in [6.45, 7) is 13.4. The molecule has 0 heterocycles. The summed E-state index contributed by atoms with van der Waals surface area (Å²) in [6, 6.07) is 32.4.